The van der Waals surface area contributed by atoms with E-state index in [-0.39, 0.29) is 12.1 Å². The molecule has 0 amide bonds. The summed E-state index contributed by atoms with van der Waals surface area (Å²) in [4.78, 5) is 15.8. The molecule has 1 aromatic heterocycles. The van der Waals surface area contributed by atoms with Gasteiger partial charge >= 0.3 is 0 Å². The van der Waals surface area contributed by atoms with E-state index in [4.69, 9.17) is 24.4 Å². The fraction of sp³-hybridized carbons (Fsp3) is 0.279. The Labute approximate surface area is 284 Å². The van der Waals surface area contributed by atoms with Crippen LogP contribution in [0.2, 0.25) is 0 Å². The van der Waals surface area contributed by atoms with Crippen LogP contribution in [-0.2, 0) is 20.7 Å². The van der Waals surface area contributed by atoms with Crippen LogP contribution in [0.25, 0.3) is 0 Å². The van der Waals surface area contributed by atoms with Gasteiger partial charge in [-0.1, -0.05) is 167 Å². The van der Waals surface area contributed by atoms with Gasteiger partial charge in [0.15, 0.2) is 11.2 Å². The molecule has 2 aliphatic heterocycles. The van der Waals surface area contributed by atoms with Crippen LogP contribution in [0.15, 0.2) is 150 Å². The smallest absolute Gasteiger partial charge is 0.237 e. The second-order valence-corrected chi connectivity index (χ2v) is 12.7. The third-order valence-corrected chi connectivity index (χ3v) is 9.66. The first-order valence-electron chi connectivity index (χ1n) is 17.4. The van der Waals surface area contributed by atoms with Crippen molar-refractivity contribution in [1.29, 1.82) is 0 Å². The van der Waals surface area contributed by atoms with E-state index in [0.29, 0.717) is 23.2 Å². The van der Waals surface area contributed by atoms with Gasteiger partial charge in [-0.3, -0.25) is 0 Å². The molecule has 5 nitrogen and oxygen atoms in total. The first-order chi connectivity index (χ1) is 23.7. The molecule has 5 heteroatoms. The van der Waals surface area contributed by atoms with E-state index in [2.05, 4.69) is 111 Å². The molecule has 0 saturated heterocycles. The molecule has 4 aromatic carbocycles. The average Bonchev–Trinajstić information content (AvgIpc) is 3.75. The van der Waals surface area contributed by atoms with Crippen LogP contribution < -0.4 is 0 Å². The Morgan fingerprint density at radius 1 is 0.458 bits per heavy atom. The Kier molecular flexibility index (Phi) is 9.20. The summed E-state index contributed by atoms with van der Waals surface area (Å²) in [5.41, 5.74) is 4.19. The molecule has 242 valence electrons. The standard InChI is InChI=1S/C43H43N3O2/c1-3-5-30-38-42(32-20-11-7-12-21-32,33-22-13-8-14-23-33)47-40(45-38)36-28-19-29-37(44-36)41-46-39(31-6-4-2)43(48-41,34-24-15-9-16-25-34)35-26-17-10-18-27-35/h7-29,38-39H,3-6,30-31H2,1-2H3/t38-,39-/m0/s1. The van der Waals surface area contributed by atoms with Gasteiger partial charge in [-0.15, -0.1) is 0 Å². The number of unbranched alkanes of at least 4 members (excludes halogenated alkanes) is 2. The number of aliphatic imine (C=N–C) groups is 2. The maximum Gasteiger partial charge on any atom is 0.237 e. The zero-order valence-corrected chi connectivity index (χ0v) is 27.8. The molecule has 0 saturated carbocycles. The van der Waals surface area contributed by atoms with Crippen molar-refractivity contribution in [3.8, 4) is 0 Å². The molecule has 2 aliphatic rings. The molecule has 0 aliphatic carbocycles. The lowest BCUT2D eigenvalue weighted by atomic mass is 9.78. The molecule has 48 heavy (non-hydrogen) atoms. The van der Waals surface area contributed by atoms with Crippen LogP contribution in [0.3, 0.4) is 0 Å². The summed E-state index contributed by atoms with van der Waals surface area (Å²) in [6, 6.07) is 47.8. The number of benzene rings is 4. The van der Waals surface area contributed by atoms with E-state index < -0.39 is 11.2 Å². The summed E-state index contributed by atoms with van der Waals surface area (Å²) in [5.74, 6) is 1.09. The third-order valence-electron chi connectivity index (χ3n) is 9.66. The van der Waals surface area contributed by atoms with Crippen molar-refractivity contribution in [2.45, 2.75) is 75.7 Å². The minimum atomic E-state index is -0.757. The summed E-state index contributed by atoms with van der Waals surface area (Å²) >= 11 is 0. The average molecular weight is 634 g/mol. The molecule has 0 spiro atoms. The Morgan fingerprint density at radius 2 is 0.792 bits per heavy atom. The summed E-state index contributed by atoms with van der Waals surface area (Å²) in [5, 5.41) is 0. The van der Waals surface area contributed by atoms with E-state index >= 15 is 0 Å². The molecule has 5 aromatic rings. The second-order valence-electron chi connectivity index (χ2n) is 12.7. The molecule has 0 N–H and O–H groups in total. The first-order valence-corrected chi connectivity index (χ1v) is 17.4. The minimum absolute atomic E-state index is 0.106. The van der Waals surface area contributed by atoms with Gasteiger partial charge in [0, 0.05) is 22.3 Å². The quantitative estimate of drug-likeness (QED) is 0.137. The van der Waals surface area contributed by atoms with Crippen molar-refractivity contribution in [1.82, 2.24) is 4.98 Å². The van der Waals surface area contributed by atoms with Crippen molar-refractivity contribution in [3.05, 3.63) is 173 Å². The Morgan fingerprint density at radius 3 is 1.10 bits per heavy atom. The van der Waals surface area contributed by atoms with Crippen LogP contribution >= 0.6 is 0 Å². The summed E-state index contributed by atoms with van der Waals surface area (Å²) in [6.45, 7) is 4.44. The van der Waals surface area contributed by atoms with E-state index in [1.165, 1.54) is 0 Å². The molecule has 7 rings (SSSR count). The maximum atomic E-state index is 7.10. The van der Waals surface area contributed by atoms with Gasteiger partial charge in [0.1, 0.15) is 23.5 Å². The van der Waals surface area contributed by atoms with Gasteiger partial charge in [-0.2, -0.15) is 0 Å². The third kappa shape index (κ3) is 5.72. The highest BCUT2D eigenvalue weighted by atomic mass is 16.5. The normalized spacial score (nSPS) is 19.2. The van der Waals surface area contributed by atoms with Gasteiger partial charge in [0.05, 0.1) is 0 Å². The van der Waals surface area contributed by atoms with Gasteiger partial charge in [-0.25, -0.2) is 15.0 Å². The molecule has 2 atom stereocenters. The van der Waals surface area contributed by atoms with Gasteiger partial charge in [-0.05, 0) is 25.0 Å². The fourth-order valence-corrected chi connectivity index (χ4v) is 7.28. The largest absolute Gasteiger partial charge is 0.458 e. The predicted molar refractivity (Wildman–Crippen MR) is 193 cm³/mol. The number of ether oxygens (including phenoxy) is 2. The van der Waals surface area contributed by atoms with Gasteiger partial charge < -0.3 is 9.47 Å². The molecular formula is C43H43N3O2. The molecule has 3 heterocycles. The fourth-order valence-electron chi connectivity index (χ4n) is 7.28. The number of hydrogen-bond acceptors (Lipinski definition) is 5. The zero-order chi connectivity index (χ0) is 32.8. The van der Waals surface area contributed by atoms with Crippen molar-refractivity contribution in [2.75, 3.05) is 0 Å². The van der Waals surface area contributed by atoms with Crippen LogP contribution in [0.4, 0.5) is 0 Å². The highest BCUT2D eigenvalue weighted by Crippen LogP contribution is 2.47. The van der Waals surface area contributed by atoms with Crippen LogP contribution in [0.1, 0.15) is 86.0 Å². The van der Waals surface area contributed by atoms with E-state index in [0.717, 1.165) is 60.8 Å². The lowest BCUT2D eigenvalue weighted by molar-refractivity contribution is 0.0930. The van der Waals surface area contributed by atoms with Crippen LogP contribution in [0, 0.1) is 0 Å². The molecule has 0 bridgehead atoms. The zero-order valence-electron chi connectivity index (χ0n) is 27.8. The molecule has 0 radical (unpaired) electrons. The van der Waals surface area contributed by atoms with Crippen molar-refractivity contribution < 1.29 is 9.47 Å². The van der Waals surface area contributed by atoms with E-state index in [1.54, 1.807) is 0 Å². The first kappa shape index (κ1) is 31.6. The van der Waals surface area contributed by atoms with E-state index in [1.807, 2.05) is 42.5 Å². The second kappa shape index (κ2) is 14.0. The predicted octanol–water partition coefficient (Wildman–Crippen LogP) is 9.64. The van der Waals surface area contributed by atoms with Crippen molar-refractivity contribution >= 4 is 11.8 Å². The van der Waals surface area contributed by atoms with E-state index in [9.17, 15) is 0 Å². The van der Waals surface area contributed by atoms with Crippen molar-refractivity contribution in [3.63, 3.8) is 0 Å². The molecular weight excluding hydrogens is 590 g/mol. The Hall–Kier alpha value is -5.03. The van der Waals surface area contributed by atoms with Crippen LogP contribution in [-0.4, -0.2) is 28.9 Å². The number of nitrogens with zero attached hydrogens (tertiary/aromatic N) is 3. The summed E-state index contributed by atoms with van der Waals surface area (Å²) in [6.07, 6.45) is 6.05. The number of pyridine rings is 1. The maximum absolute atomic E-state index is 7.10. The number of rotatable bonds is 12. The molecule has 0 fully saturated rings. The highest BCUT2D eigenvalue weighted by Gasteiger charge is 2.51. The Balaban J connectivity index is 1.30. The van der Waals surface area contributed by atoms with Crippen molar-refractivity contribution in [2.24, 2.45) is 9.98 Å². The number of aromatic nitrogens is 1. The van der Waals surface area contributed by atoms with Gasteiger partial charge in [0.25, 0.3) is 0 Å². The minimum Gasteiger partial charge on any atom is -0.458 e. The topological polar surface area (TPSA) is 56.1 Å². The monoisotopic (exact) mass is 633 g/mol. The highest BCUT2D eigenvalue weighted by molar-refractivity contribution is 5.98. The van der Waals surface area contributed by atoms with Crippen LogP contribution in [0.5, 0.6) is 0 Å². The lowest BCUT2D eigenvalue weighted by Crippen LogP contribution is -2.39. The number of hydrogen-bond donors (Lipinski definition) is 0. The Bertz CT molecular complexity index is 1640. The SMILES string of the molecule is CCCC[C@@H]1N=C(c2cccc(C3=N[C@@H](CCCC)C(c4ccccc4)(c4ccccc4)O3)n2)OC1(c1ccccc1)c1ccccc1. The lowest BCUT2D eigenvalue weighted by Gasteiger charge is -2.35. The molecule has 0 unspecified atom stereocenters. The summed E-state index contributed by atoms with van der Waals surface area (Å²) < 4.78 is 14.2. The van der Waals surface area contributed by atoms with Gasteiger partial charge in [0.2, 0.25) is 11.8 Å². The summed E-state index contributed by atoms with van der Waals surface area (Å²) in [7, 11) is 0.